The fourth-order valence-corrected chi connectivity index (χ4v) is 2.54. The summed E-state index contributed by atoms with van der Waals surface area (Å²) in [6.07, 6.45) is 3.89. The molecule has 0 saturated heterocycles. The maximum Gasteiger partial charge on any atom is 0.160 e. The van der Waals surface area contributed by atoms with Gasteiger partial charge in [-0.25, -0.2) is 0 Å². The zero-order valence-corrected chi connectivity index (χ0v) is 12.3. The Morgan fingerprint density at radius 2 is 2.00 bits per heavy atom. The molecule has 4 heteroatoms. The van der Waals surface area contributed by atoms with Gasteiger partial charge in [0.05, 0.1) is 0 Å². The molecule has 3 aromatic rings. The molecule has 19 heavy (non-hydrogen) atoms. The smallest absolute Gasteiger partial charge is 0.160 e. The minimum Gasteiger partial charge on any atom is -0.285 e. The van der Waals surface area contributed by atoms with Gasteiger partial charge in [0.2, 0.25) is 0 Å². The molecule has 0 bridgehead atoms. The molecule has 0 atom stereocenters. The van der Waals surface area contributed by atoms with Crippen LogP contribution in [0.25, 0.3) is 5.65 Å². The van der Waals surface area contributed by atoms with Gasteiger partial charge in [0.15, 0.2) is 5.65 Å². The number of nitrogens with zero attached hydrogens (tertiary/aromatic N) is 3. The van der Waals surface area contributed by atoms with Crippen molar-refractivity contribution in [3.63, 3.8) is 0 Å². The standard InChI is InChI=1S/C15H14BrN3/c1-11-3-2-4-12(9-11)5-7-14-17-18-15-8-6-13(16)10-19(14)15/h2-4,6,8-10H,5,7H2,1H3. The van der Waals surface area contributed by atoms with Crippen LogP contribution in [0.1, 0.15) is 17.0 Å². The Balaban J connectivity index is 1.84. The Hall–Kier alpha value is -1.68. The molecule has 0 aliphatic carbocycles. The lowest BCUT2D eigenvalue weighted by Crippen LogP contribution is -1.98. The maximum absolute atomic E-state index is 4.27. The largest absolute Gasteiger partial charge is 0.285 e. The zero-order valence-electron chi connectivity index (χ0n) is 10.7. The number of hydrogen-bond acceptors (Lipinski definition) is 2. The maximum atomic E-state index is 4.27. The first-order valence-electron chi connectivity index (χ1n) is 6.27. The number of halogens is 1. The van der Waals surface area contributed by atoms with Crippen molar-refractivity contribution in [1.29, 1.82) is 0 Å². The first-order chi connectivity index (χ1) is 9.22. The molecular weight excluding hydrogens is 302 g/mol. The van der Waals surface area contributed by atoms with E-state index in [1.807, 2.05) is 22.7 Å². The van der Waals surface area contributed by atoms with Crippen LogP contribution in [0.15, 0.2) is 47.1 Å². The molecule has 3 rings (SSSR count). The van der Waals surface area contributed by atoms with E-state index in [4.69, 9.17) is 0 Å². The molecule has 2 aromatic heterocycles. The van der Waals surface area contributed by atoms with E-state index in [0.29, 0.717) is 0 Å². The predicted molar refractivity (Wildman–Crippen MR) is 79.3 cm³/mol. The Morgan fingerprint density at radius 3 is 2.84 bits per heavy atom. The minimum atomic E-state index is 0.890. The van der Waals surface area contributed by atoms with Crippen molar-refractivity contribution in [3.8, 4) is 0 Å². The van der Waals surface area contributed by atoms with E-state index in [1.165, 1.54) is 11.1 Å². The second kappa shape index (κ2) is 5.13. The minimum absolute atomic E-state index is 0.890. The number of aromatic nitrogens is 3. The van der Waals surface area contributed by atoms with E-state index in [9.17, 15) is 0 Å². The van der Waals surface area contributed by atoms with Crippen molar-refractivity contribution in [2.24, 2.45) is 0 Å². The molecule has 0 radical (unpaired) electrons. The third-order valence-electron chi connectivity index (χ3n) is 3.16. The Bertz CT molecular complexity index is 718. The van der Waals surface area contributed by atoms with Crippen LogP contribution in [-0.2, 0) is 12.8 Å². The second-order valence-corrected chi connectivity index (χ2v) is 5.60. The SMILES string of the molecule is Cc1cccc(CCc2nnc3ccc(Br)cn23)c1. The van der Waals surface area contributed by atoms with Crippen LogP contribution >= 0.6 is 15.9 Å². The highest BCUT2D eigenvalue weighted by molar-refractivity contribution is 9.10. The van der Waals surface area contributed by atoms with Crippen LogP contribution in [0.4, 0.5) is 0 Å². The van der Waals surface area contributed by atoms with Crippen LogP contribution in [0.5, 0.6) is 0 Å². The Morgan fingerprint density at radius 1 is 1.11 bits per heavy atom. The molecule has 0 aliphatic heterocycles. The van der Waals surface area contributed by atoms with Gasteiger partial charge in [-0.1, -0.05) is 29.8 Å². The number of pyridine rings is 1. The predicted octanol–water partition coefficient (Wildman–Crippen LogP) is 3.59. The molecule has 3 nitrogen and oxygen atoms in total. The first-order valence-corrected chi connectivity index (χ1v) is 7.06. The topological polar surface area (TPSA) is 30.2 Å². The zero-order chi connectivity index (χ0) is 13.2. The van der Waals surface area contributed by atoms with Gasteiger partial charge in [0.1, 0.15) is 5.82 Å². The average molecular weight is 316 g/mol. The molecule has 96 valence electrons. The summed E-state index contributed by atoms with van der Waals surface area (Å²) in [6, 6.07) is 12.5. The number of fused-ring (bicyclic) bond motifs is 1. The summed E-state index contributed by atoms with van der Waals surface area (Å²) in [6.45, 7) is 2.12. The normalized spacial score (nSPS) is 11.1. The molecule has 0 spiro atoms. The molecular formula is C15H14BrN3. The molecule has 0 amide bonds. The van der Waals surface area contributed by atoms with Crippen LogP contribution in [-0.4, -0.2) is 14.6 Å². The van der Waals surface area contributed by atoms with Gasteiger partial charge in [-0.3, -0.25) is 4.40 Å². The fraction of sp³-hybridized carbons (Fsp3) is 0.200. The summed E-state index contributed by atoms with van der Waals surface area (Å²) in [4.78, 5) is 0. The highest BCUT2D eigenvalue weighted by atomic mass is 79.9. The third-order valence-corrected chi connectivity index (χ3v) is 3.63. The van der Waals surface area contributed by atoms with Gasteiger partial charge in [0.25, 0.3) is 0 Å². The van der Waals surface area contributed by atoms with Crippen molar-refractivity contribution in [3.05, 3.63) is 64.0 Å². The van der Waals surface area contributed by atoms with Gasteiger partial charge < -0.3 is 0 Å². The third kappa shape index (κ3) is 2.68. The van der Waals surface area contributed by atoms with Crippen molar-refractivity contribution < 1.29 is 0 Å². The molecule has 0 fully saturated rings. The number of benzene rings is 1. The van der Waals surface area contributed by atoms with Crippen molar-refractivity contribution in [1.82, 2.24) is 14.6 Å². The van der Waals surface area contributed by atoms with Gasteiger partial charge in [-0.05, 0) is 47.0 Å². The highest BCUT2D eigenvalue weighted by Gasteiger charge is 2.06. The highest BCUT2D eigenvalue weighted by Crippen LogP contribution is 2.14. The van der Waals surface area contributed by atoms with Gasteiger partial charge in [-0.15, -0.1) is 10.2 Å². The van der Waals surface area contributed by atoms with E-state index in [2.05, 4.69) is 57.3 Å². The fourth-order valence-electron chi connectivity index (χ4n) is 2.21. The summed E-state index contributed by atoms with van der Waals surface area (Å²) in [5.74, 6) is 0.998. The summed E-state index contributed by atoms with van der Waals surface area (Å²) in [5, 5.41) is 8.45. The summed E-state index contributed by atoms with van der Waals surface area (Å²) in [7, 11) is 0. The summed E-state index contributed by atoms with van der Waals surface area (Å²) >= 11 is 3.48. The van der Waals surface area contributed by atoms with Gasteiger partial charge >= 0.3 is 0 Å². The van der Waals surface area contributed by atoms with Gasteiger partial charge in [-0.2, -0.15) is 0 Å². The second-order valence-electron chi connectivity index (χ2n) is 4.68. The lowest BCUT2D eigenvalue weighted by atomic mass is 10.1. The molecule has 0 N–H and O–H groups in total. The quantitative estimate of drug-likeness (QED) is 0.739. The lowest BCUT2D eigenvalue weighted by molar-refractivity contribution is 0.837. The molecule has 2 heterocycles. The van der Waals surface area contributed by atoms with E-state index in [-0.39, 0.29) is 0 Å². The molecule has 1 aromatic carbocycles. The monoisotopic (exact) mass is 315 g/mol. The lowest BCUT2D eigenvalue weighted by Gasteiger charge is -2.02. The first kappa shape index (κ1) is 12.4. The van der Waals surface area contributed by atoms with Crippen molar-refractivity contribution >= 4 is 21.6 Å². The number of aryl methyl sites for hydroxylation is 3. The van der Waals surface area contributed by atoms with E-state index in [0.717, 1.165) is 28.8 Å². The van der Waals surface area contributed by atoms with Crippen LogP contribution in [0, 0.1) is 6.92 Å². The van der Waals surface area contributed by atoms with Crippen LogP contribution in [0.3, 0.4) is 0 Å². The molecule has 0 unspecified atom stereocenters. The number of hydrogen-bond donors (Lipinski definition) is 0. The Kier molecular flexibility index (Phi) is 3.34. The average Bonchev–Trinajstić information content (AvgIpc) is 2.79. The summed E-state index contributed by atoms with van der Waals surface area (Å²) in [5.41, 5.74) is 3.53. The van der Waals surface area contributed by atoms with E-state index < -0.39 is 0 Å². The summed E-state index contributed by atoms with van der Waals surface area (Å²) < 4.78 is 3.08. The van der Waals surface area contributed by atoms with Gasteiger partial charge in [0, 0.05) is 17.1 Å². The van der Waals surface area contributed by atoms with E-state index in [1.54, 1.807) is 0 Å². The molecule has 0 aliphatic rings. The Labute approximate surface area is 120 Å². The van der Waals surface area contributed by atoms with Crippen LogP contribution in [0.2, 0.25) is 0 Å². The van der Waals surface area contributed by atoms with Crippen molar-refractivity contribution in [2.45, 2.75) is 19.8 Å². The van der Waals surface area contributed by atoms with E-state index >= 15 is 0 Å². The van der Waals surface area contributed by atoms with Crippen molar-refractivity contribution in [2.75, 3.05) is 0 Å². The molecule has 0 saturated carbocycles. The van der Waals surface area contributed by atoms with Crippen LogP contribution < -0.4 is 0 Å². The number of rotatable bonds is 3.